The maximum Gasteiger partial charge on any atom is 0.330 e. The van der Waals surface area contributed by atoms with Crippen molar-refractivity contribution in [2.75, 3.05) is 13.2 Å². The van der Waals surface area contributed by atoms with E-state index in [0.717, 1.165) is 27.9 Å². The zero-order valence-corrected chi connectivity index (χ0v) is 12.6. The van der Waals surface area contributed by atoms with Crippen molar-refractivity contribution in [3.63, 3.8) is 0 Å². The quantitative estimate of drug-likeness (QED) is 0.623. The van der Waals surface area contributed by atoms with Gasteiger partial charge in [0, 0.05) is 17.2 Å². The lowest BCUT2D eigenvalue weighted by Crippen LogP contribution is -1.99. The van der Waals surface area contributed by atoms with Crippen LogP contribution in [0.2, 0.25) is 0 Å². The first-order valence-electron chi connectivity index (χ1n) is 7.03. The maximum absolute atomic E-state index is 11.5. The monoisotopic (exact) mass is 285 g/mol. The molecule has 0 spiro atoms. The summed E-state index contributed by atoms with van der Waals surface area (Å²) in [5.74, 6) is 0.447. The van der Waals surface area contributed by atoms with Crippen molar-refractivity contribution < 1.29 is 14.3 Å². The Morgan fingerprint density at radius 1 is 1.24 bits per heavy atom. The number of rotatable bonds is 5. The molecule has 0 bridgehead atoms. The van der Waals surface area contributed by atoms with Crippen LogP contribution in [0.15, 0.2) is 30.3 Å². The molecule has 0 saturated carbocycles. The maximum atomic E-state index is 11.5. The number of fused-ring (bicyclic) bond motifs is 1. The molecule has 1 aromatic heterocycles. The Bertz CT molecular complexity index is 677. The number of nitrogens with zero attached hydrogens (tertiary/aromatic N) is 1. The van der Waals surface area contributed by atoms with Gasteiger partial charge in [-0.15, -0.1) is 0 Å². The number of hydrogen-bond donors (Lipinski definition) is 0. The van der Waals surface area contributed by atoms with Gasteiger partial charge in [0.05, 0.1) is 18.7 Å². The SMILES string of the molecule is CCOC(=O)/C=C/c1cc(C)nc2ccc(OCC)cc12. The molecule has 4 nitrogen and oxygen atoms in total. The minimum atomic E-state index is -0.346. The zero-order valence-electron chi connectivity index (χ0n) is 12.6. The van der Waals surface area contributed by atoms with E-state index in [1.165, 1.54) is 6.08 Å². The van der Waals surface area contributed by atoms with E-state index in [1.54, 1.807) is 13.0 Å². The number of esters is 1. The third kappa shape index (κ3) is 3.81. The molecule has 2 aromatic rings. The molecule has 4 heteroatoms. The number of carbonyl (C=O) groups is 1. The molecule has 0 unspecified atom stereocenters. The number of carbonyl (C=O) groups excluding carboxylic acids is 1. The highest BCUT2D eigenvalue weighted by atomic mass is 16.5. The van der Waals surface area contributed by atoms with Crippen molar-refractivity contribution in [2.45, 2.75) is 20.8 Å². The number of aryl methyl sites for hydroxylation is 1. The summed E-state index contributed by atoms with van der Waals surface area (Å²) in [5, 5.41) is 0.951. The first-order chi connectivity index (χ1) is 10.1. The van der Waals surface area contributed by atoms with Crippen LogP contribution in [0.25, 0.3) is 17.0 Å². The Labute approximate surface area is 124 Å². The van der Waals surface area contributed by atoms with Crippen molar-refractivity contribution in [3.05, 3.63) is 41.6 Å². The molecule has 2 rings (SSSR count). The molecule has 0 saturated heterocycles. The summed E-state index contributed by atoms with van der Waals surface area (Å²) >= 11 is 0. The fraction of sp³-hybridized carbons (Fsp3) is 0.294. The van der Waals surface area contributed by atoms with Gasteiger partial charge in [-0.05, 0) is 56.7 Å². The number of ether oxygens (including phenoxy) is 2. The molecule has 0 N–H and O–H groups in total. The molecule has 1 aromatic carbocycles. The Morgan fingerprint density at radius 3 is 2.76 bits per heavy atom. The predicted octanol–water partition coefficient (Wildman–Crippen LogP) is 3.52. The second-order valence-electron chi connectivity index (χ2n) is 4.55. The summed E-state index contributed by atoms with van der Waals surface area (Å²) in [6, 6.07) is 7.70. The molecule has 0 amide bonds. The molecule has 1 heterocycles. The third-order valence-corrected chi connectivity index (χ3v) is 2.94. The normalized spacial score (nSPS) is 11.0. The van der Waals surface area contributed by atoms with E-state index >= 15 is 0 Å². The van der Waals surface area contributed by atoms with Gasteiger partial charge in [0.15, 0.2) is 0 Å². The molecule has 0 fully saturated rings. The highest BCUT2D eigenvalue weighted by Gasteiger charge is 2.05. The van der Waals surface area contributed by atoms with E-state index in [1.807, 2.05) is 38.1 Å². The van der Waals surface area contributed by atoms with Gasteiger partial charge >= 0.3 is 5.97 Å². The van der Waals surface area contributed by atoms with Gasteiger partial charge in [0.2, 0.25) is 0 Å². The molecule has 0 atom stereocenters. The second kappa shape index (κ2) is 6.88. The zero-order chi connectivity index (χ0) is 15.2. The Morgan fingerprint density at radius 2 is 2.05 bits per heavy atom. The molecular formula is C17H19NO3. The molecule has 0 aliphatic heterocycles. The van der Waals surface area contributed by atoms with Crippen LogP contribution in [-0.4, -0.2) is 24.2 Å². The second-order valence-corrected chi connectivity index (χ2v) is 4.55. The minimum Gasteiger partial charge on any atom is -0.494 e. The summed E-state index contributed by atoms with van der Waals surface area (Å²) in [7, 11) is 0. The predicted molar refractivity (Wildman–Crippen MR) is 83.3 cm³/mol. The summed E-state index contributed by atoms with van der Waals surface area (Å²) in [6.45, 7) is 6.63. The molecule has 110 valence electrons. The van der Waals surface area contributed by atoms with Gasteiger partial charge in [0.25, 0.3) is 0 Å². The molecule has 0 aliphatic carbocycles. The topological polar surface area (TPSA) is 48.4 Å². The Balaban J connectivity index is 2.44. The molecule has 0 radical (unpaired) electrons. The van der Waals surface area contributed by atoms with Crippen LogP contribution in [0.1, 0.15) is 25.1 Å². The van der Waals surface area contributed by atoms with Gasteiger partial charge in [0.1, 0.15) is 5.75 Å². The Kier molecular flexibility index (Phi) is 4.93. The van der Waals surface area contributed by atoms with Crippen molar-refractivity contribution >= 4 is 22.9 Å². The lowest BCUT2D eigenvalue weighted by atomic mass is 10.1. The number of aromatic nitrogens is 1. The average molecular weight is 285 g/mol. The van der Waals surface area contributed by atoms with E-state index in [0.29, 0.717) is 13.2 Å². The van der Waals surface area contributed by atoms with Crippen LogP contribution in [0, 0.1) is 6.92 Å². The minimum absolute atomic E-state index is 0.346. The van der Waals surface area contributed by atoms with Crippen molar-refractivity contribution in [3.8, 4) is 5.75 Å². The van der Waals surface area contributed by atoms with E-state index < -0.39 is 0 Å². The van der Waals surface area contributed by atoms with Crippen molar-refractivity contribution in [1.29, 1.82) is 0 Å². The lowest BCUT2D eigenvalue weighted by Gasteiger charge is -2.08. The van der Waals surface area contributed by atoms with E-state index in [4.69, 9.17) is 9.47 Å². The fourth-order valence-corrected chi connectivity index (χ4v) is 2.11. The van der Waals surface area contributed by atoms with Crippen LogP contribution >= 0.6 is 0 Å². The molecule has 21 heavy (non-hydrogen) atoms. The fourth-order valence-electron chi connectivity index (χ4n) is 2.11. The highest BCUT2D eigenvalue weighted by molar-refractivity contribution is 5.94. The van der Waals surface area contributed by atoms with Crippen LogP contribution in [0.5, 0.6) is 5.75 Å². The smallest absolute Gasteiger partial charge is 0.330 e. The van der Waals surface area contributed by atoms with Crippen molar-refractivity contribution in [1.82, 2.24) is 4.98 Å². The van der Waals surface area contributed by atoms with E-state index in [9.17, 15) is 4.79 Å². The van der Waals surface area contributed by atoms with E-state index in [-0.39, 0.29) is 5.97 Å². The van der Waals surface area contributed by atoms with Gasteiger partial charge in [-0.2, -0.15) is 0 Å². The number of benzene rings is 1. The van der Waals surface area contributed by atoms with Gasteiger partial charge < -0.3 is 9.47 Å². The number of pyridine rings is 1. The first kappa shape index (κ1) is 15.0. The number of hydrogen-bond acceptors (Lipinski definition) is 4. The summed E-state index contributed by atoms with van der Waals surface area (Å²) in [6.07, 6.45) is 3.19. The third-order valence-electron chi connectivity index (χ3n) is 2.94. The lowest BCUT2D eigenvalue weighted by molar-refractivity contribution is -0.137. The standard InChI is InChI=1S/C17H19NO3/c1-4-20-14-7-8-16-15(11-14)13(10-12(3)18-16)6-9-17(19)21-5-2/h6-11H,4-5H2,1-3H3/b9-6+. The van der Waals surface area contributed by atoms with Crippen molar-refractivity contribution in [2.24, 2.45) is 0 Å². The Hall–Kier alpha value is -2.36. The van der Waals surface area contributed by atoms with Gasteiger partial charge in [-0.25, -0.2) is 4.79 Å². The summed E-state index contributed by atoms with van der Waals surface area (Å²) in [5.41, 5.74) is 2.70. The van der Waals surface area contributed by atoms with Crippen LogP contribution < -0.4 is 4.74 Å². The highest BCUT2D eigenvalue weighted by Crippen LogP contribution is 2.24. The van der Waals surface area contributed by atoms with Crippen LogP contribution in [0.3, 0.4) is 0 Å². The first-order valence-corrected chi connectivity index (χ1v) is 7.03. The largest absolute Gasteiger partial charge is 0.494 e. The average Bonchev–Trinajstić information content (AvgIpc) is 2.46. The summed E-state index contributed by atoms with van der Waals surface area (Å²) in [4.78, 5) is 16.0. The molecular weight excluding hydrogens is 266 g/mol. The van der Waals surface area contributed by atoms with Crippen LogP contribution in [0.4, 0.5) is 0 Å². The van der Waals surface area contributed by atoms with Gasteiger partial charge in [-0.3, -0.25) is 4.98 Å². The van der Waals surface area contributed by atoms with E-state index in [2.05, 4.69) is 4.98 Å². The molecule has 0 aliphatic rings. The van der Waals surface area contributed by atoms with Gasteiger partial charge in [-0.1, -0.05) is 0 Å². The summed E-state index contributed by atoms with van der Waals surface area (Å²) < 4.78 is 10.4. The van der Waals surface area contributed by atoms with Crippen LogP contribution in [-0.2, 0) is 9.53 Å².